The molecule has 1 amide bonds. The van der Waals surface area contributed by atoms with Crippen molar-refractivity contribution in [1.82, 2.24) is 15.0 Å². The molecule has 130 valence electrons. The number of imidazole rings is 1. The number of amides is 1. The Morgan fingerprint density at radius 3 is 3.00 bits per heavy atom. The molecule has 0 atom stereocenters. The quantitative estimate of drug-likeness (QED) is 0.526. The van der Waals surface area contributed by atoms with Gasteiger partial charge in [-0.15, -0.1) is 0 Å². The largest absolute Gasteiger partial charge is 0.497 e. The number of methoxy groups -OCH3 is 1. The molecule has 0 radical (unpaired) electrons. The summed E-state index contributed by atoms with van der Waals surface area (Å²) in [5.74, 6) is 0.928. The predicted molar refractivity (Wildman–Crippen MR) is 104 cm³/mol. The van der Waals surface area contributed by atoms with Crippen molar-refractivity contribution in [3.63, 3.8) is 0 Å². The van der Waals surface area contributed by atoms with Crippen molar-refractivity contribution >= 4 is 45.3 Å². The number of H-pyrrole nitrogens is 1. The molecular formula is C19H16N4O2S. The van der Waals surface area contributed by atoms with Gasteiger partial charge < -0.3 is 15.0 Å². The minimum Gasteiger partial charge on any atom is -0.497 e. The van der Waals surface area contributed by atoms with Crippen molar-refractivity contribution in [1.29, 1.82) is 0 Å². The van der Waals surface area contributed by atoms with Crippen molar-refractivity contribution in [3.05, 3.63) is 54.7 Å². The van der Waals surface area contributed by atoms with E-state index in [2.05, 4.69) is 20.3 Å². The third-order valence-electron chi connectivity index (χ3n) is 3.93. The van der Waals surface area contributed by atoms with Gasteiger partial charge in [0.05, 0.1) is 35.1 Å². The maximum absolute atomic E-state index is 12.3. The van der Waals surface area contributed by atoms with Crippen LogP contribution in [0.25, 0.3) is 21.9 Å². The molecule has 2 N–H and O–H groups in total. The molecule has 4 rings (SSSR count). The molecule has 0 fully saturated rings. The lowest BCUT2D eigenvalue weighted by molar-refractivity contribution is -0.113. The smallest absolute Gasteiger partial charge is 0.234 e. The Bertz CT molecular complexity index is 1090. The Balaban J connectivity index is 1.45. The third kappa shape index (κ3) is 3.34. The number of carbonyl (C=O) groups is 1. The van der Waals surface area contributed by atoms with Crippen LogP contribution >= 0.6 is 11.8 Å². The zero-order chi connectivity index (χ0) is 17.9. The molecule has 0 unspecified atom stereocenters. The van der Waals surface area contributed by atoms with Gasteiger partial charge in [-0.3, -0.25) is 9.78 Å². The van der Waals surface area contributed by atoms with E-state index in [-0.39, 0.29) is 11.7 Å². The Morgan fingerprint density at radius 1 is 1.19 bits per heavy atom. The van der Waals surface area contributed by atoms with Crippen LogP contribution in [0, 0.1) is 0 Å². The van der Waals surface area contributed by atoms with E-state index in [1.165, 1.54) is 11.8 Å². The fourth-order valence-electron chi connectivity index (χ4n) is 2.69. The van der Waals surface area contributed by atoms with Crippen LogP contribution in [0.1, 0.15) is 0 Å². The zero-order valence-corrected chi connectivity index (χ0v) is 14.8. The summed E-state index contributed by atoms with van der Waals surface area (Å²) in [5.41, 5.74) is 3.33. The zero-order valence-electron chi connectivity index (χ0n) is 14.0. The van der Waals surface area contributed by atoms with Crippen molar-refractivity contribution in [2.75, 3.05) is 18.2 Å². The number of anilines is 1. The Hall–Kier alpha value is -3.06. The molecule has 26 heavy (non-hydrogen) atoms. The number of nitrogens with one attached hydrogen (secondary N) is 2. The van der Waals surface area contributed by atoms with E-state index < -0.39 is 0 Å². The van der Waals surface area contributed by atoms with Gasteiger partial charge in [0.15, 0.2) is 5.16 Å². The number of carbonyl (C=O) groups excluding carboxylic acids is 1. The second kappa shape index (κ2) is 7.05. The van der Waals surface area contributed by atoms with Crippen molar-refractivity contribution in [3.8, 4) is 5.75 Å². The van der Waals surface area contributed by atoms with Gasteiger partial charge in [0.2, 0.25) is 5.91 Å². The second-order valence-electron chi connectivity index (χ2n) is 5.64. The number of hydrogen-bond acceptors (Lipinski definition) is 5. The van der Waals surface area contributed by atoms with Crippen LogP contribution in [0.2, 0.25) is 0 Å². The lowest BCUT2D eigenvalue weighted by atomic mass is 10.2. The predicted octanol–water partition coefficient (Wildman–Crippen LogP) is 3.85. The van der Waals surface area contributed by atoms with Crippen LogP contribution in [0.5, 0.6) is 5.75 Å². The molecule has 0 aliphatic heterocycles. The van der Waals surface area contributed by atoms with Gasteiger partial charge in [-0.1, -0.05) is 17.8 Å². The average molecular weight is 364 g/mol. The van der Waals surface area contributed by atoms with E-state index in [9.17, 15) is 4.79 Å². The number of fused-ring (bicyclic) bond motifs is 2. The summed E-state index contributed by atoms with van der Waals surface area (Å²) < 4.78 is 5.21. The van der Waals surface area contributed by atoms with E-state index in [4.69, 9.17) is 4.74 Å². The number of rotatable bonds is 5. The van der Waals surface area contributed by atoms with Crippen molar-refractivity contribution in [2.45, 2.75) is 5.16 Å². The van der Waals surface area contributed by atoms with Gasteiger partial charge in [-0.05, 0) is 36.4 Å². The van der Waals surface area contributed by atoms with Crippen molar-refractivity contribution in [2.24, 2.45) is 0 Å². The molecule has 0 spiro atoms. The lowest BCUT2D eigenvalue weighted by Crippen LogP contribution is -2.14. The molecule has 2 aromatic carbocycles. The highest BCUT2D eigenvalue weighted by atomic mass is 32.2. The number of benzene rings is 2. The number of nitrogens with zero attached hydrogens (tertiary/aromatic N) is 2. The summed E-state index contributed by atoms with van der Waals surface area (Å²) in [6, 6.07) is 15.1. The first kappa shape index (κ1) is 16.4. The third-order valence-corrected chi connectivity index (χ3v) is 4.80. The molecule has 0 bridgehead atoms. The molecule has 0 aliphatic carbocycles. The van der Waals surface area contributed by atoms with Gasteiger partial charge in [0, 0.05) is 17.6 Å². The number of ether oxygens (including phenoxy) is 1. The monoisotopic (exact) mass is 364 g/mol. The minimum atomic E-state index is -0.0932. The number of pyridine rings is 1. The van der Waals surface area contributed by atoms with Crippen molar-refractivity contribution < 1.29 is 9.53 Å². The SMILES string of the molecule is COc1ccc2nc(SCC(=O)Nc3cccc4ncccc34)[nH]c2c1. The molecule has 7 heteroatoms. The van der Waals surface area contributed by atoms with Gasteiger partial charge in [-0.2, -0.15) is 0 Å². The summed E-state index contributed by atoms with van der Waals surface area (Å²) in [5, 5.41) is 4.56. The van der Waals surface area contributed by atoms with Gasteiger partial charge in [-0.25, -0.2) is 4.98 Å². The summed E-state index contributed by atoms with van der Waals surface area (Å²) in [6.07, 6.45) is 1.74. The maximum Gasteiger partial charge on any atom is 0.234 e. The number of thioether (sulfide) groups is 1. The minimum absolute atomic E-state index is 0.0932. The number of hydrogen-bond donors (Lipinski definition) is 2. The summed E-state index contributed by atoms with van der Waals surface area (Å²) in [4.78, 5) is 24.3. The van der Waals surface area contributed by atoms with Crippen LogP contribution in [-0.4, -0.2) is 33.7 Å². The molecule has 4 aromatic rings. The van der Waals surface area contributed by atoms with E-state index >= 15 is 0 Å². The van der Waals surface area contributed by atoms with Crippen LogP contribution < -0.4 is 10.1 Å². The molecule has 0 saturated heterocycles. The fraction of sp³-hybridized carbons (Fsp3) is 0.105. The number of aromatic nitrogens is 3. The summed E-state index contributed by atoms with van der Waals surface area (Å²) in [6.45, 7) is 0. The van der Waals surface area contributed by atoms with E-state index in [1.54, 1.807) is 13.3 Å². The van der Waals surface area contributed by atoms with Gasteiger partial charge in [0.1, 0.15) is 5.75 Å². The van der Waals surface area contributed by atoms with Crippen LogP contribution in [0.4, 0.5) is 5.69 Å². The first-order valence-corrected chi connectivity index (χ1v) is 9.01. The Labute approximate surface area is 154 Å². The second-order valence-corrected chi connectivity index (χ2v) is 6.60. The van der Waals surface area contributed by atoms with E-state index in [1.807, 2.05) is 48.5 Å². The number of aromatic amines is 1. The maximum atomic E-state index is 12.3. The van der Waals surface area contributed by atoms with Crippen LogP contribution in [-0.2, 0) is 4.79 Å². The van der Waals surface area contributed by atoms with Crippen LogP contribution in [0.3, 0.4) is 0 Å². The highest BCUT2D eigenvalue weighted by Crippen LogP contribution is 2.24. The normalized spacial score (nSPS) is 11.0. The lowest BCUT2D eigenvalue weighted by Gasteiger charge is -2.07. The molecular weight excluding hydrogens is 348 g/mol. The molecule has 2 heterocycles. The molecule has 2 aromatic heterocycles. The standard InChI is InChI=1S/C19H16N4O2S/c1-25-12-7-8-16-17(10-12)23-19(22-16)26-11-18(24)21-15-6-2-5-14-13(15)4-3-9-20-14/h2-10H,11H2,1H3,(H,21,24)(H,22,23). The summed E-state index contributed by atoms with van der Waals surface area (Å²) in [7, 11) is 1.63. The van der Waals surface area contributed by atoms with Crippen LogP contribution in [0.15, 0.2) is 59.9 Å². The van der Waals surface area contributed by atoms with Gasteiger partial charge in [0.25, 0.3) is 0 Å². The van der Waals surface area contributed by atoms with E-state index in [0.717, 1.165) is 33.4 Å². The topological polar surface area (TPSA) is 79.9 Å². The Morgan fingerprint density at radius 2 is 2.12 bits per heavy atom. The Kier molecular flexibility index (Phi) is 4.45. The highest BCUT2D eigenvalue weighted by Gasteiger charge is 2.10. The highest BCUT2D eigenvalue weighted by molar-refractivity contribution is 7.99. The first-order valence-electron chi connectivity index (χ1n) is 8.03. The van der Waals surface area contributed by atoms with Gasteiger partial charge >= 0.3 is 0 Å². The van der Waals surface area contributed by atoms with E-state index in [0.29, 0.717) is 5.16 Å². The first-order chi connectivity index (χ1) is 12.7. The summed E-state index contributed by atoms with van der Waals surface area (Å²) >= 11 is 1.36. The fourth-order valence-corrected chi connectivity index (χ4v) is 3.38. The molecule has 6 nitrogen and oxygen atoms in total. The molecule has 0 aliphatic rings. The average Bonchev–Trinajstić information content (AvgIpc) is 3.08. The molecule has 0 saturated carbocycles.